The van der Waals surface area contributed by atoms with E-state index in [-0.39, 0.29) is 17.8 Å². The summed E-state index contributed by atoms with van der Waals surface area (Å²) in [5.74, 6) is -1.35. The largest absolute Gasteiger partial charge is 0.394 e. The van der Waals surface area contributed by atoms with E-state index in [1.807, 2.05) is 30.3 Å². The number of aliphatic hydroxyl groups is 2. The maximum absolute atomic E-state index is 13.1. The molecule has 114 valence electrons. The fourth-order valence-corrected chi connectivity index (χ4v) is 2.90. The van der Waals surface area contributed by atoms with Crippen molar-refractivity contribution in [2.24, 2.45) is 5.92 Å². The van der Waals surface area contributed by atoms with E-state index in [2.05, 4.69) is 0 Å². The Kier molecular flexibility index (Phi) is 3.92. The van der Waals surface area contributed by atoms with E-state index < -0.39 is 18.6 Å². The number of carbonyl (C=O) groups excluding carboxylic acids is 1. The first-order valence-electron chi connectivity index (χ1n) is 7.06. The highest BCUT2D eigenvalue weighted by Gasteiger charge is 2.52. The molecule has 1 aliphatic rings. The molecule has 0 spiro atoms. The second kappa shape index (κ2) is 5.87. The number of amides is 1. The molecule has 1 saturated heterocycles. The number of benzene rings is 2. The first-order chi connectivity index (χ1) is 10.6. The average Bonchev–Trinajstić information content (AvgIpc) is 2.55. The minimum atomic E-state index is -1.12. The van der Waals surface area contributed by atoms with Gasteiger partial charge < -0.3 is 15.1 Å². The molecule has 4 nitrogen and oxygen atoms in total. The topological polar surface area (TPSA) is 60.8 Å². The van der Waals surface area contributed by atoms with Crippen LogP contribution in [0.25, 0.3) is 0 Å². The zero-order valence-corrected chi connectivity index (χ0v) is 11.8. The molecular formula is C17H16FNO3. The van der Waals surface area contributed by atoms with Gasteiger partial charge in [0.15, 0.2) is 0 Å². The van der Waals surface area contributed by atoms with Crippen LogP contribution in [0.15, 0.2) is 54.6 Å². The summed E-state index contributed by atoms with van der Waals surface area (Å²) in [4.78, 5) is 13.9. The van der Waals surface area contributed by atoms with Gasteiger partial charge in [-0.2, -0.15) is 0 Å². The molecule has 1 heterocycles. The Bertz CT molecular complexity index is 659. The lowest BCUT2D eigenvalue weighted by Crippen LogP contribution is -2.60. The number of β-lactam (4-membered cyclic amide) rings is 1. The van der Waals surface area contributed by atoms with Crippen LogP contribution >= 0.6 is 0 Å². The summed E-state index contributed by atoms with van der Waals surface area (Å²) >= 11 is 0. The molecule has 0 saturated carbocycles. The standard InChI is InChI=1S/C17H16FNO3/c18-12-6-8-13(9-7-12)19-16(11-4-2-1-3-5-11)15(17(19)22)14(21)10-20/h1-9,14-16,20-21H,10H2/t14-,15-,16-/m1/s1. The van der Waals surface area contributed by atoms with Crippen molar-refractivity contribution < 1.29 is 19.4 Å². The number of aliphatic hydroxyl groups excluding tert-OH is 2. The molecule has 1 amide bonds. The minimum absolute atomic E-state index is 0.276. The van der Waals surface area contributed by atoms with E-state index in [1.54, 1.807) is 0 Å². The monoisotopic (exact) mass is 301 g/mol. The number of hydrogen-bond donors (Lipinski definition) is 2. The van der Waals surface area contributed by atoms with Crippen LogP contribution in [0, 0.1) is 11.7 Å². The second-order valence-corrected chi connectivity index (χ2v) is 5.32. The Labute approximate surface area is 127 Å². The van der Waals surface area contributed by atoms with Crippen LogP contribution < -0.4 is 4.90 Å². The molecule has 1 aliphatic heterocycles. The predicted molar refractivity (Wildman–Crippen MR) is 79.7 cm³/mol. The van der Waals surface area contributed by atoms with E-state index in [0.29, 0.717) is 5.69 Å². The Morgan fingerprint density at radius 3 is 2.32 bits per heavy atom. The molecule has 2 aromatic carbocycles. The van der Waals surface area contributed by atoms with Gasteiger partial charge in [-0.15, -0.1) is 0 Å². The summed E-state index contributed by atoms with van der Waals surface area (Å²) in [6.07, 6.45) is -1.12. The Morgan fingerprint density at radius 1 is 1.09 bits per heavy atom. The molecule has 0 bridgehead atoms. The van der Waals surface area contributed by atoms with Crippen molar-refractivity contribution in [3.63, 3.8) is 0 Å². The quantitative estimate of drug-likeness (QED) is 0.848. The van der Waals surface area contributed by atoms with Crippen molar-refractivity contribution >= 4 is 11.6 Å². The van der Waals surface area contributed by atoms with Crippen LogP contribution in [-0.2, 0) is 4.79 Å². The molecule has 0 radical (unpaired) electrons. The smallest absolute Gasteiger partial charge is 0.235 e. The zero-order chi connectivity index (χ0) is 15.7. The van der Waals surface area contributed by atoms with Crippen molar-refractivity contribution in [1.29, 1.82) is 0 Å². The number of anilines is 1. The van der Waals surface area contributed by atoms with Crippen molar-refractivity contribution in [3.8, 4) is 0 Å². The molecule has 3 rings (SSSR count). The number of rotatable bonds is 4. The van der Waals surface area contributed by atoms with Crippen LogP contribution in [0.1, 0.15) is 11.6 Å². The molecule has 0 unspecified atom stereocenters. The lowest BCUT2D eigenvalue weighted by molar-refractivity contribution is -0.137. The highest BCUT2D eigenvalue weighted by molar-refractivity contribution is 6.03. The maximum Gasteiger partial charge on any atom is 0.235 e. The highest BCUT2D eigenvalue weighted by atomic mass is 19.1. The molecule has 1 fully saturated rings. The second-order valence-electron chi connectivity index (χ2n) is 5.32. The zero-order valence-electron chi connectivity index (χ0n) is 11.8. The van der Waals surface area contributed by atoms with Crippen LogP contribution in [0.3, 0.4) is 0 Å². The van der Waals surface area contributed by atoms with Gasteiger partial charge in [0.2, 0.25) is 5.91 Å². The molecule has 22 heavy (non-hydrogen) atoms. The van der Waals surface area contributed by atoms with Gasteiger partial charge >= 0.3 is 0 Å². The van der Waals surface area contributed by atoms with Crippen LogP contribution in [-0.4, -0.2) is 28.8 Å². The first-order valence-corrected chi connectivity index (χ1v) is 7.06. The van der Waals surface area contributed by atoms with E-state index in [9.17, 15) is 19.4 Å². The number of halogens is 1. The van der Waals surface area contributed by atoms with Crippen molar-refractivity contribution in [2.45, 2.75) is 12.1 Å². The third-order valence-electron chi connectivity index (χ3n) is 3.99. The molecule has 5 heteroatoms. The number of hydrogen-bond acceptors (Lipinski definition) is 3. The summed E-state index contributed by atoms with van der Waals surface area (Å²) in [5.41, 5.74) is 1.44. The Morgan fingerprint density at radius 2 is 1.73 bits per heavy atom. The lowest BCUT2D eigenvalue weighted by atomic mass is 9.78. The van der Waals surface area contributed by atoms with Gasteiger partial charge in [-0.05, 0) is 29.8 Å². The summed E-state index contributed by atoms with van der Waals surface area (Å²) in [5, 5.41) is 19.1. The fourth-order valence-electron chi connectivity index (χ4n) is 2.90. The van der Waals surface area contributed by atoms with Gasteiger partial charge in [0.05, 0.1) is 24.7 Å². The molecular weight excluding hydrogens is 285 g/mol. The van der Waals surface area contributed by atoms with Crippen LogP contribution in [0.4, 0.5) is 10.1 Å². The van der Waals surface area contributed by atoms with Gasteiger partial charge in [0.25, 0.3) is 0 Å². The van der Waals surface area contributed by atoms with Crippen LogP contribution in [0.2, 0.25) is 0 Å². The predicted octanol–water partition coefficient (Wildman–Crippen LogP) is 1.88. The van der Waals surface area contributed by atoms with E-state index in [4.69, 9.17) is 0 Å². The third-order valence-corrected chi connectivity index (χ3v) is 3.99. The maximum atomic E-state index is 13.1. The summed E-state index contributed by atoms with van der Waals surface area (Å²) < 4.78 is 13.1. The highest BCUT2D eigenvalue weighted by Crippen LogP contribution is 2.44. The van der Waals surface area contributed by atoms with Crippen molar-refractivity contribution in [3.05, 3.63) is 66.0 Å². The van der Waals surface area contributed by atoms with Gasteiger partial charge in [-0.25, -0.2) is 4.39 Å². The van der Waals surface area contributed by atoms with Crippen molar-refractivity contribution in [2.75, 3.05) is 11.5 Å². The van der Waals surface area contributed by atoms with E-state index in [0.717, 1.165) is 5.56 Å². The third kappa shape index (κ3) is 2.38. The first kappa shape index (κ1) is 14.7. The average molecular weight is 301 g/mol. The molecule has 2 N–H and O–H groups in total. The Hall–Kier alpha value is -2.24. The van der Waals surface area contributed by atoms with Gasteiger partial charge in [-0.3, -0.25) is 4.79 Å². The summed E-state index contributed by atoms with van der Waals surface area (Å²) in [6, 6.07) is 14.6. The Balaban J connectivity index is 1.98. The molecule has 0 aromatic heterocycles. The lowest BCUT2D eigenvalue weighted by Gasteiger charge is -2.49. The molecule has 3 atom stereocenters. The van der Waals surface area contributed by atoms with Crippen LogP contribution in [0.5, 0.6) is 0 Å². The van der Waals surface area contributed by atoms with Gasteiger partial charge in [0.1, 0.15) is 5.82 Å². The number of nitrogens with zero attached hydrogens (tertiary/aromatic N) is 1. The fraction of sp³-hybridized carbons (Fsp3) is 0.235. The SMILES string of the molecule is O=C1[C@H]([C@H](O)CO)[C@@H](c2ccccc2)N1c1ccc(F)cc1. The van der Waals surface area contributed by atoms with Gasteiger partial charge in [0, 0.05) is 5.69 Å². The normalized spacial score (nSPS) is 22.3. The molecule has 0 aliphatic carbocycles. The summed E-state index contributed by atoms with van der Waals surface area (Å²) in [7, 11) is 0. The van der Waals surface area contributed by atoms with Gasteiger partial charge in [-0.1, -0.05) is 30.3 Å². The van der Waals surface area contributed by atoms with E-state index >= 15 is 0 Å². The van der Waals surface area contributed by atoms with E-state index in [1.165, 1.54) is 29.2 Å². The molecule has 2 aromatic rings. The summed E-state index contributed by atoms with van der Waals surface area (Å²) in [6.45, 7) is -0.475. The van der Waals surface area contributed by atoms with Crippen molar-refractivity contribution in [1.82, 2.24) is 0 Å². The number of carbonyl (C=O) groups is 1. The minimum Gasteiger partial charge on any atom is -0.394 e.